The minimum atomic E-state index is -4.11. The lowest BCUT2D eigenvalue weighted by Crippen LogP contribution is -2.19. The lowest BCUT2D eigenvalue weighted by Gasteiger charge is -2.04. The Labute approximate surface area is 89.1 Å². The lowest BCUT2D eigenvalue weighted by molar-refractivity contribution is 0.212. The van der Waals surface area contributed by atoms with Gasteiger partial charge in [-0.15, -0.1) is 0 Å². The number of benzene rings is 1. The molecule has 14 heavy (non-hydrogen) atoms. The number of primary amides is 1. The molecule has 76 valence electrons. The number of hydrogen-bond donors (Lipinski definition) is 1. The first-order chi connectivity index (χ1) is 6.43. The summed E-state index contributed by atoms with van der Waals surface area (Å²) in [6, 6.07) is 5.94. The zero-order chi connectivity index (χ0) is 10.8. The van der Waals surface area contributed by atoms with Crippen LogP contribution >= 0.6 is 15.9 Å². The molecule has 0 fully saturated rings. The molecule has 0 radical (unpaired) electrons. The lowest BCUT2D eigenvalue weighted by atomic mass is 10.4. The Balaban J connectivity index is 3.17. The van der Waals surface area contributed by atoms with Crippen LogP contribution in [0, 0.1) is 0 Å². The third-order valence-electron chi connectivity index (χ3n) is 1.30. The van der Waals surface area contributed by atoms with Gasteiger partial charge in [0.1, 0.15) is 4.90 Å². The molecule has 1 rings (SSSR count). The highest BCUT2D eigenvalue weighted by Gasteiger charge is 2.20. The number of carbonyl (C=O) groups excluding carboxylic acids is 1. The van der Waals surface area contributed by atoms with Crippen molar-refractivity contribution in [1.29, 1.82) is 0 Å². The fraction of sp³-hybridized carbons (Fsp3) is 0. The second-order valence-electron chi connectivity index (χ2n) is 2.29. The Kier molecular flexibility index (Phi) is 3.12. The van der Waals surface area contributed by atoms with Gasteiger partial charge in [0.2, 0.25) is 0 Å². The van der Waals surface area contributed by atoms with Gasteiger partial charge in [-0.05, 0) is 28.1 Å². The van der Waals surface area contributed by atoms with E-state index in [1.807, 2.05) is 0 Å². The molecule has 0 aliphatic rings. The van der Waals surface area contributed by atoms with Crippen molar-refractivity contribution in [3.8, 4) is 0 Å². The summed E-state index contributed by atoms with van der Waals surface area (Å²) in [6.45, 7) is 0. The minimum absolute atomic E-state index is 0.140. The Morgan fingerprint density at radius 1 is 1.36 bits per heavy atom. The average molecular weight is 280 g/mol. The summed E-state index contributed by atoms with van der Waals surface area (Å²) in [5, 5.41) is 0. The van der Waals surface area contributed by atoms with Crippen LogP contribution in [0.25, 0.3) is 0 Å². The molecule has 0 aliphatic heterocycles. The Bertz CT molecular complexity index is 457. The van der Waals surface area contributed by atoms with Crippen LogP contribution in [0.5, 0.6) is 0 Å². The van der Waals surface area contributed by atoms with Gasteiger partial charge in [0.05, 0.1) is 0 Å². The maximum atomic E-state index is 11.3. The second kappa shape index (κ2) is 3.97. The molecule has 7 heteroatoms. The average Bonchev–Trinajstić information content (AvgIpc) is 2.02. The van der Waals surface area contributed by atoms with Crippen molar-refractivity contribution in [2.45, 2.75) is 4.90 Å². The normalized spacial score (nSPS) is 10.9. The molecule has 1 aromatic rings. The molecule has 0 saturated carbocycles. The van der Waals surface area contributed by atoms with Crippen LogP contribution in [0.3, 0.4) is 0 Å². The van der Waals surface area contributed by atoms with Crippen LogP contribution in [0.1, 0.15) is 0 Å². The summed E-state index contributed by atoms with van der Waals surface area (Å²) in [5.74, 6) is 0. The van der Waals surface area contributed by atoms with Crippen molar-refractivity contribution >= 4 is 32.1 Å². The first-order valence-electron chi connectivity index (χ1n) is 3.42. The number of halogens is 1. The standard InChI is InChI=1S/C7H6BrNO4S/c8-5-3-1-2-4-6(5)14(11,12)13-7(9)10/h1-4H,(H2,9,10). The molecule has 1 aromatic carbocycles. The van der Waals surface area contributed by atoms with Crippen molar-refractivity contribution in [2.24, 2.45) is 5.73 Å². The molecule has 0 spiro atoms. The highest BCUT2D eigenvalue weighted by Crippen LogP contribution is 2.22. The molecular formula is C7H6BrNO4S. The maximum absolute atomic E-state index is 11.3. The van der Waals surface area contributed by atoms with E-state index in [-0.39, 0.29) is 4.90 Å². The number of carbonyl (C=O) groups is 1. The van der Waals surface area contributed by atoms with E-state index in [0.29, 0.717) is 4.47 Å². The highest BCUT2D eigenvalue weighted by molar-refractivity contribution is 9.10. The molecular weight excluding hydrogens is 274 g/mol. The fourth-order valence-corrected chi connectivity index (χ4v) is 2.54. The van der Waals surface area contributed by atoms with Gasteiger partial charge in [0.15, 0.2) is 0 Å². The second-order valence-corrected chi connectivity index (χ2v) is 4.66. The Morgan fingerprint density at radius 2 is 1.93 bits per heavy atom. The Morgan fingerprint density at radius 3 is 2.43 bits per heavy atom. The third kappa shape index (κ3) is 2.46. The van der Waals surface area contributed by atoms with Crippen LogP contribution in [0.4, 0.5) is 4.79 Å². The van der Waals surface area contributed by atoms with E-state index in [2.05, 4.69) is 25.8 Å². The number of nitrogens with two attached hydrogens (primary N) is 1. The monoisotopic (exact) mass is 279 g/mol. The molecule has 0 aromatic heterocycles. The van der Waals surface area contributed by atoms with Gasteiger partial charge in [-0.25, -0.2) is 4.79 Å². The third-order valence-corrected chi connectivity index (χ3v) is 3.53. The molecule has 0 atom stereocenters. The maximum Gasteiger partial charge on any atom is 0.420 e. The topological polar surface area (TPSA) is 86.5 Å². The van der Waals surface area contributed by atoms with E-state index in [4.69, 9.17) is 0 Å². The summed E-state index contributed by atoms with van der Waals surface area (Å²) in [6.07, 6.45) is -1.36. The summed E-state index contributed by atoms with van der Waals surface area (Å²) < 4.78 is 26.9. The smallest absolute Gasteiger partial charge is 0.334 e. The zero-order valence-corrected chi connectivity index (χ0v) is 9.21. The van der Waals surface area contributed by atoms with Gasteiger partial charge in [-0.1, -0.05) is 12.1 Å². The molecule has 0 aliphatic carbocycles. The molecule has 0 heterocycles. The first-order valence-corrected chi connectivity index (χ1v) is 5.62. The van der Waals surface area contributed by atoms with Gasteiger partial charge in [0, 0.05) is 4.47 Å². The first kappa shape index (κ1) is 11.0. The fourth-order valence-electron chi connectivity index (χ4n) is 0.800. The summed E-state index contributed by atoms with van der Waals surface area (Å²) >= 11 is 3.01. The molecule has 0 unspecified atom stereocenters. The SMILES string of the molecule is NC(=O)OS(=O)(=O)c1ccccc1Br. The predicted molar refractivity (Wildman–Crippen MR) is 52.0 cm³/mol. The molecule has 0 bridgehead atoms. The van der Waals surface area contributed by atoms with Crippen molar-refractivity contribution in [1.82, 2.24) is 0 Å². The zero-order valence-electron chi connectivity index (χ0n) is 6.81. The van der Waals surface area contributed by atoms with E-state index in [1.165, 1.54) is 18.2 Å². The quantitative estimate of drug-likeness (QED) is 0.825. The van der Waals surface area contributed by atoms with Crippen LogP contribution in [-0.2, 0) is 14.3 Å². The number of hydrogen-bond acceptors (Lipinski definition) is 4. The van der Waals surface area contributed by atoms with E-state index >= 15 is 0 Å². The van der Waals surface area contributed by atoms with Crippen molar-refractivity contribution in [2.75, 3.05) is 0 Å². The van der Waals surface area contributed by atoms with Gasteiger partial charge in [-0.2, -0.15) is 8.42 Å². The van der Waals surface area contributed by atoms with Crippen LogP contribution in [0.15, 0.2) is 33.6 Å². The predicted octanol–water partition coefficient (Wildman–Crippen LogP) is 1.23. The van der Waals surface area contributed by atoms with E-state index < -0.39 is 16.2 Å². The van der Waals surface area contributed by atoms with E-state index in [1.54, 1.807) is 6.07 Å². The highest BCUT2D eigenvalue weighted by atomic mass is 79.9. The van der Waals surface area contributed by atoms with Crippen molar-refractivity contribution in [3.05, 3.63) is 28.7 Å². The number of rotatable bonds is 2. The molecule has 0 saturated heterocycles. The summed E-state index contributed by atoms with van der Waals surface area (Å²) in [4.78, 5) is 10.2. The van der Waals surface area contributed by atoms with Crippen LogP contribution < -0.4 is 5.73 Å². The Hall–Kier alpha value is -1.08. The van der Waals surface area contributed by atoms with E-state index in [9.17, 15) is 13.2 Å². The molecule has 2 N–H and O–H groups in total. The van der Waals surface area contributed by atoms with E-state index in [0.717, 1.165) is 0 Å². The number of amides is 1. The van der Waals surface area contributed by atoms with Crippen molar-refractivity contribution in [3.63, 3.8) is 0 Å². The molecule has 1 amide bonds. The van der Waals surface area contributed by atoms with Gasteiger partial charge in [-0.3, -0.25) is 0 Å². The molecule has 5 nitrogen and oxygen atoms in total. The van der Waals surface area contributed by atoms with Gasteiger partial charge >= 0.3 is 16.2 Å². The summed E-state index contributed by atoms with van der Waals surface area (Å²) in [5.41, 5.74) is 4.61. The largest absolute Gasteiger partial charge is 0.420 e. The van der Waals surface area contributed by atoms with Gasteiger partial charge < -0.3 is 9.92 Å². The van der Waals surface area contributed by atoms with Crippen LogP contribution in [0.2, 0.25) is 0 Å². The van der Waals surface area contributed by atoms with Gasteiger partial charge in [0.25, 0.3) is 0 Å². The summed E-state index contributed by atoms with van der Waals surface area (Å²) in [7, 11) is -4.11. The van der Waals surface area contributed by atoms with Crippen molar-refractivity contribution < 1.29 is 17.4 Å². The minimum Gasteiger partial charge on any atom is -0.334 e. The van der Waals surface area contributed by atoms with Crippen LogP contribution in [-0.4, -0.2) is 14.5 Å².